The molecular weight excluding hydrogens is 282 g/mol. The molecular formula is C15H17N5O2. The Morgan fingerprint density at radius 3 is 2.82 bits per heavy atom. The van der Waals surface area contributed by atoms with Gasteiger partial charge in [0.15, 0.2) is 0 Å². The molecule has 0 spiro atoms. The number of nitrogens with zero attached hydrogens (tertiary/aromatic N) is 1. The fourth-order valence-corrected chi connectivity index (χ4v) is 2.66. The molecule has 7 nitrogen and oxygen atoms in total. The van der Waals surface area contributed by atoms with Crippen molar-refractivity contribution >= 4 is 28.4 Å². The highest BCUT2D eigenvalue weighted by Gasteiger charge is 2.27. The minimum absolute atomic E-state index is 0.111. The van der Waals surface area contributed by atoms with Crippen LogP contribution in [0.15, 0.2) is 30.5 Å². The van der Waals surface area contributed by atoms with Crippen LogP contribution in [-0.2, 0) is 4.79 Å². The predicted octanol–water partition coefficient (Wildman–Crippen LogP) is 0.144. The van der Waals surface area contributed by atoms with Crippen LogP contribution in [0.2, 0.25) is 0 Å². The van der Waals surface area contributed by atoms with Gasteiger partial charge in [0.1, 0.15) is 5.82 Å². The molecule has 0 radical (unpaired) electrons. The van der Waals surface area contributed by atoms with Gasteiger partial charge in [-0.15, -0.1) is 0 Å². The Bertz CT molecular complexity index is 746. The first kappa shape index (κ1) is 14.4. The molecule has 1 unspecified atom stereocenters. The van der Waals surface area contributed by atoms with Crippen LogP contribution in [0.5, 0.6) is 0 Å². The van der Waals surface area contributed by atoms with E-state index in [1.54, 1.807) is 30.5 Å². The zero-order chi connectivity index (χ0) is 15.7. The van der Waals surface area contributed by atoms with Crippen molar-refractivity contribution in [3.05, 3.63) is 41.9 Å². The lowest BCUT2D eigenvalue weighted by atomic mass is 10.1. The lowest BCUT2D eigenvalue weighted by Crippen LogP contribution is -3.03. The largest absolute Gasteiger partial charge is 0.469 e. The average molecular weight is 299 g/mol. The van der Waals surface area contributed by atoms with E-state index < -0.39 is 5.91 Å². The Kier molecular flexibility index (Phi) is 3.74. The van der Waals surface area contributed by atoms with Crippen molar-refractivity contribution in [2.75, 3.05) is 18.4 Å². The standard InChI is InChI=1S/C15H17N5O2/c16-14(21)9-1-2-10-7-18-13(6-12(10)5-9)19-15(22)11-3-4-20(17)8-11/h1-2,5-7,11,17,20H,3-4,8H2,(H2,16,21)(H,18,19,22)/t11-/m0/s1. The summed E-state index contributed by atoms with van der Waals surface area (Å²) >= 11 is 0. The Balaban J connectivity index is 1.82. The second kappa shape index (κ2) is 5.70. The molecule has 1 aliphatic rings. The first-order chi connectivity index (χ1) is 10.5. The predicted molar refractivity (Wildman–Crippen MR) is 82.0 cm³/mol. The number of fused-ring (bicyclic) bond motifs is 1. The molecule has 1 aromatic carbocycles. The smallest absolute Gasteiger partial charge is 0.248 e. The van der Waals surface area contributed by atoms with E-state index in [1.807, 2.05) is 0 Å². The number of quaternary nitrogens is 1. The van der Waals surface area contributed by atoms with Gasteiger partial charge in [0.2, 0.25) is 11.8 Å². The Hall–Kier alpha value is -2.51. The number of amides is 2. The van der Waals surface area contributed by atoms with Gasteiger partial charge in [0.25, 0.3) is 0 Å². The number of anilines is 1. The molecule has 2 atom stereocenters. The topological polar surface area (TPSA) is 113 Å². The van der Waals surface area contributed by atoms with E-state index in [-0.39, 0.29) is 11.8 Å². The van der Waals surface area contributed by atoms with Crippen molar-refractivity contribution in [2.45, 2.75) is 6.42 Å². The van der Waals surface area contributed by atoms with Crippen molar-refractivity contribution in [1.29, 1.82) is 0 Å². The van der Waals surface area contributed by atoms with E-state index >= 15 is 0 Å². The average Bonchev–Trinajstić information content (AvgIpc) is 2.93. The zero-order valence-electron chi connectivity index (χ0n) is 11.9. The number of nitrogens with two attached hydrogens (primary N) is 1. The minimum Gasteiger partial charge on any atom is -0.469 e. The molecule has 2 heterocycles. The minimum atomic E-state index is -0.492. The summed E-state index contributed by atoms with van der Waals surface area (Å²) in [6, 6.07) is 6.82. The number of carbonyl (C=O) groups is 2. The van der Waals surface area contributed by atoms with Gasteiger partial charge in [0.05, 0.1) is 19.0 Å². The van der Waals surface area contributed by atoms with Gasteiger partial charge in [0, 0.05) is 23.6 Å². The van der Waals surface area contributed by atoms with Crippen LogP contribution in [0.3, 0.4) is 0 Å². The van der Waals surface area contributed by atoms with Gasteiger partial charge in [-0.05, 0) is 23.6 Å². The van der Waals surface area contributed by atoms with E-state index in [1.165, 1.54) is 0 Å². The maximum Gasteiger partial charge on any atom is 0.248 e. The summed E-state index contributed by atoms with van der Waals surface area (Å²) in [7, 11) is 0. The van der Waals surface area contributed by atoms with Gasteiger partial charge in [-0.2, -0.15) is 0 Å². The van der Waals surface area contributed by atoms with Gasteiger partial charge < -0.3 is 21.9 Å². The molecule has 1 aliphatic heterocycles. The molecule has 2 aromatic rings. The van der Waals surface area contributed by atoms with Crippen LogP contribution in [0.1, 0.15) is 16.8 Å². The van der Waals surface area contributed by atoms with Crippen LogP contribution >= 0.6 is 0 Å². The summed E-state index contributed by atoms with van der Waals surface area (Å²) in [5.41, 5.74) is 5.69. The second-order valence-corrected chi connectivity index (χ2v) is 5.53. The lowest BCUT2D eigenvalue weighted by Gasteiger charge is -2.13. The number of hydrogen-bond donors (Lipinski definition) is 3. The third-order valence-corrected chi connectivity index (χ3v) is 3.92. The summed E-state index contributed by atoms with van der Waals surface area (Å²) in [6.07, 6.45) is 2.36. The summed E-state index contributed by atoms with van der Waals surface area (Å²) in [5.74, 6) is 7.27. The summed E-state index contributed by atoms with van der Waals surface area (Å²) in [4.78, 5) is 27.6. The molecule has 0 saturated carbocycles. The Morgan fingerprint density at radius 1 is 1.32 bits per heavy atom. The molecule has 114 valence electrons. The van der Waals surface area contributed by atoms with Crippen LogP contribution in [0, 0.1) is 5.92 Å². The van der Waals surface area contributed by atoms with Crippen molar-refractivity contribution in [3.8, 4) is 0 Å². The molecule has 0 aliphatic carbocycles. The maximum absolute atomic E-state index is 12.1. The normalized spacial score (nSPS) is 21.0. The van der Waals surface area contributed by atoms with Crippen molar-refractivity contribution in [1.82, 2.24) is 4.98 Å². The van der Waals surface area contributed by atoms with Gasteiger partial charge in [-0.3, -0.25) is 9.59 Å². The van der Waals surface area contributed by atoms with E-state index in [9.17, 15) is 9.59 Å². The van der Waals surface area contributed by atoms with Crippen LogP contribution in [0.25, 0.3) is 16.6 Å². The Morgan fingerprint density at radius 2 is 2.14 bits per heavy atom. The number of nitrogens with one attached hydrogen (secondary N) is 3. The van der Waals surface area contributed by atoms with Gasteiger partial charge in [-0.1, -0.05) is 6.07 Å². The van der Waals surface area contributed by atoms with E-state index in [0.717, 1.165) is 10.8 Å². The fraction of sp³-hybridized carbons (Fsp3) is 0.267. The number of hydrogen-bond acceptors (Lipinski definition) is 3. The summed E-state index contributed by atoms with van der Waals surface area (Å²) in [6.45, 7) is 1.20. The lowest BCUT2D eigenvalue weighted by molar-refractivity contribution is -0.835. The SMILES string of the molecule is [NH-][NH+]1CC[C@H](C(=O)Nc2cc3cc(C(N)=O)ccc3cn2)C1. The number of benzene rings is 1. The molecule has 3 rings (SSSR count). The molecule has 1 saturated heterocycles. The monoisotopic (exact) mass is 299 g/mol. The third kappa shape index (κ3) is 2.90. The second-order valence-electron chi connectivity index (χ2n) is 5.53. The molecule has 1 fully saturated rings. The first-order valence-electron chi connectivity index (χ1n) is 7.10. The number of rotatable bonds is 3. The quantitative estimate of drug-likeness (QED) is 0.749. The molecule has 7 heteroatoms. The molecule has 22 heavy (non-hydrogen) atoms. The Labute approximate surface area is 127 Å². The van der Waals surface area contributed by atoms with E-state index in [0.29, 0.717) is 35.9 Å². The van der Waals surface area contributed by atoms with Crippen molar-refractivity contribution in [3.63, 3.8) is 0 Å². The fourth-order valence-electron chi connectivity index (χ4n) is 2.66. The van der Waals surface area contributed by atoms with Gasteiger partial charge >= 0.3 is 0 Å². The van der Waals surface area contributed by atoms with Gasteiger partial charge in [-0.25, -0.2) is 4.98 Å². The summed E-state index contributed by atoms with van der Waals surface area (Å²) in [5, 5.41) is 5.06. The maximum atomic E-state index is 12.1. The third-order valence-electron chi connectivity index (χ3n) is 3.92. The molecule has 0 bridgehead atoms. The zero-order valence-corrected chi connectivity index (χ0v) is 11.9. The van der Waals surface area contributed by atoms with E-state index in [2.05, 4.69) is 10.3 Å². The molecule has 2 amide bonds. The highest BCUT2D eigenvalue weighted by molar-refractivity contribution is 5.99. The summed E-state index contributed by atoms with van der Waals surface area (Å²) < 4.78 is 0. The highest BCUT2D eigenvalue weighted by Crippen LogP contribution is 2.19. The molecule has 1 aromatic heterocycles. The molecule has 5 N–H and O–H groups in total. The van der Waals surface area contributed by atoms with E-state index in [4.69, 9.17) is 11.6 Å². The number of aromatic nitrogens is 1. The van der Waals surface area contributed by atoms with Crippen LogP contribution in [-0.4, -0.2) is 29.9 Å². The first-order valence-corrected chi connectivity index (χ1v) is 7.10. The van der Waals surface area contributed by atoms with Crippen molar-refractivity contribution < 1.29 is 14.6 Å². The number of primary amides is 1. The van der Waals surface area contributed by atoms with Crippen LogP contribution < -0.4 is 16.1 Å². The van der Waals surface area contributed by atoms with Crippen LogP contribution in [0.4, 0.5) is 5.82 Å². The van der Waals surface area contributed by atoms with Crippen molar-refractivity contribution in [2.24, 2.45) is 11.7 Å². The highest BCUT2D eigenvalue weighted by atomic mass is 16.2. The number of pyridine rings is 1. The number of carbonyl (C=O) groups excluding carboxylic acids is 2.